The highest BCUT2D eigenvalue weighted by atomic mass is 16.5. The van der Waals surface area contributed by atoms with Crippen LogP contribution in [-0.4, -0.2) is 21.1 Å². The van der Waals surface area contributed by atoms with E-state index in [2.05, 4.69) is 10.3 Å². The Balaban J connectivity index is 1.47. The Kier molecular flexibility index (Phi) is 4.63. The number of rotatable bonds is 4. The molecule has 0 fully saturated rings. The van der Waals surface area contributed by atoms with E-state index in [0.29, 0.717) is 17.3 Å². The smallest absolute Gasteiger partial charge is 0.261 e. The summed E-state index contributed by atoms with van der Waals surface area (Å²) in [5.41, 5.74) is 1.16. The zero-order valence-corrected chi connectivity index (χ0v) is 16.0. The summed E-state index contributed by atoms with van der Waals surface area (Å²) in [6.07, 6.45) is 2.40. The van der Waals surface area contributed by atoms with Crippen molar-refractivity contribution < 1.29 is 9.53 Å². The first-order chi connectivity index (χ1) is 13.4. The number of nitrogens with one attached hydrogen (secondary N) is 1. The van der Waals surface area contributed by atoms with Crippen molar-refractivity contribution in [2.24, 2.45) is 0 Å². The van der Waals surface area contributed by atoms with Crippen LogP contribution in [0, 0.1) is 0 Å². The molecule has 0 radical (unpaired) electrons. The molecular weight excluding hydrogens is 354 g/mol. The second-order valence-corrected chi connectivity index (χ2v) is 7.73. The number of fused-ring (bicyclic) bond motifs is 2. The van der Waals surface area contributed by atoms with Crippen LogP contribution in [0.4, 0.5) is 0 Å². The number of para-hydroxylation sites is 2. The van der Waals surface area contributed by atoms with E-state index in [9.17, 15) is 9.59 Å². The van der Waals surface area contributed by atoms with Crippen molar-refractivity contribution in [2.45, 2.75) is 44.9 Å². The standard InChI is InChI=1S/C22H23N3O3/c1-22(2)13-18(15-7-4-6-10-19(15)28-22)24-20(26)11-12-25-14-23-17-9-5-3-8-16(17)21(25)27/h3-10,14,18H,11-13H2,1-2H3,(H,24,26)/t18-/m1/s1. The zero-order valence-electron chi connectivity index (χ0n) is 16.0. The van der Waals surface area contributed by atoms with Gasteiger partial charge < -0.3 is 10.1 Å². The summed E-state index contributed by atoms with van der Waals surface area (Å²) in [6, 6.07) is 14.9. The topological polar surface area (TPSA) is 73.2 Å². The van der Waals surface area contributed by atoms with Crippen molar-refractivity contribution in [3.63, 3.8) is 0 Å². The molecule has 6 nitrogen and oxygen atoms in total. The maximum atomic E-state index is 12.6. The average Bonchev–Trinajstić information content (AvgIpc) is 2.67. The number of hydrogen-bond donors (Lipinski definition) is 1. The fourth-order valence-electron chi connectivity index (χ4n) is 3.68. The van der Waals surface area contributed by atoms with Gasteiger partial charge in [-0.15, -0.1) is 0 Å². The van der Waals surface area contributed by atoms with Gasteiger partial charge in [-0.25, -0.2) is 4.98 Å². The van der Waals surface area contributed by atoms with Crippen LogP contribution in [0.15, 0.2) is 59.7 Å². The molecule has 0 aliphatic carbocycles. The number of nitrogens with zero attached hydrogens (tertiary/aromatic N) is 2. The van der Waals surface area contributed by atoms with Crippen molar-refractivity contribution in [3.05, 3.63) is 70.8 Å². The molecule has 1 amide bonds. The van der Waals surface area contributed by atoms with Gasteiger partial charge in [0, 0.05) is 24.9 Å². The number of amides is 1. The normalized spacial score (nSPS) is 17.6. The number of aryl methyl sites for hydroxylation is 1. The van der Waals surface area contributed by atoms with E-state index < -0.39 is 0 Å². The summed E-state index contributed by atoms with van der Waals surface area (Å²) < 4.78 is 7.50. The van der Waals surface area contributed by atoms with Crippen molar-refractivity contribution in [2.75, 3.05) is 0 Å². The molecule has 1 aliphatic rings. The lowest BCUT2D eigenvalue weighted by Gasteiger charge is -2.37. The van der Waals surface area contributed by atoms with Crippen LogP contribution in [0.5, 0.6) is 5.75 Å². The Labute approximate surface area is 163 Å². The Bertz CT molecular complexity index is 1090. The summed E-state index contributed by atoms with van der Waals surface area (Å²) >= 11 is 0. The number of benzene rings is 2. The molecule has 0 spiro atoms. The van der Waals surface area contributed by atoms with Crippen molar-refractivity contribution in [1.82, 2.24) is 14.9 Å². The molecule has 6 heteroatoms. The Morgan fingerprint density at radius 3 is 2.82 bits per heavy atom. The quantitative estimate of drug-likeness (QED) is 0.758. The number of carbonyl (C=O) groups is 1. The maximum absolute atomic E-state index is 12.6. The largest absolute Gasteiger partial charge is 0.487 e. The maximum Gasteiger partial charge on any atom is 0.261 e. The number of ether oxygens (including phenoxy) is 1. The van der Waals surface area contributed by atoms with E-state index in [-0.39, 0.29) is 36.1 Å². The third-order valence-electron chi connectivity index (χ3n) is 5.02. The minimum Gasteiger partial charge on any atom is -0.487 e. The molecular formula is C22H23N3O3. The Morgan fingerprint density at radius 1 is 1.21 bits per heavy atom. The van der Waals surface area contributed by atoms with E-state index >= 15 is 0 Å². The molecule has 1 aromatic heterocycles. The van der Waals surface area contributed by atoms with Gasteiger partial charge in [0.15, 0.2) is 0 Å². The SMILES string of the molecule is CC1(C)C[C@@H](NC(=O)CCn2cnc3ccccc3c2=O)c2ccccc2O1. The molecule has 0 saturated heterocycles. The minimum absolute atomic E-state index is 0.0995. The monoisotopic (exact) mass is 377 g/mol. The molecule has 0 unspecified atom stereocenters. The Morgan fingerprint density at radius 2 is 1.96 bits per heavy atom. The van der Waals surface area contributed by atoms with E-state index in [1.165, 1.54) is 10.9 Å². The highest BCUT2D eigenvalue weighted by Gasteiger charge is 2.34. The van der Waals surface area contributed by atoms with Gasteiger partial charge in [-0.3, -0.25) is 14.2 Å². The number of carbonyl (C=O) groups excluding carboxylic acids is 1. The van der Waals surface area contributed by atoms with Crippen LogP contribution in [0.2, 0.25) is 0 Å². The van der Waals surface area contributed by atoms with E-state index in [4.69, 9.17) is 4.74 Å². The summed E-state index contributed by atoms with van der Waals surface area (Å²) in [4.78, 5) is 29.4. The lowest BCUT2D eigenvalue weighted by molar-refractivity contribution is -0.122. The van der Waals surface area contributed by atoms with Crippen LogP contribution in [0.25, 0.3) is 10.9 Å². The Hall–Kier alpha value is -3.15. The lowest BCUT2D eigenvalue weighted by Crippen LogP contribution is -2.41. The first-order valence-electron chi connectivity index (χ1n) is 9.44. The van der Waals surface area contributed by atoms with Crippen LogP contribution in [-0.2, 0) is 11.3 Å². The summed E-state index contributed by atoms with van der Waals surface area (Å²) in [5, 5.41) is 3.66. The van der Waals surface area contributed by atoms with Gasteiger partial charge in [0.05, 0.1) is 23.3 Å². The van der Waals surface area contributed by atoms with Crippen LogP contribution >= 0.6 is 0 Å². The van der Waals surface area contributed by atoms with Crippen LogP contribution < -0.4 is 15.6 Å². The molecule has 144 valence electrons. The molecule has 0 bridgehead atoms. The molecule has 1 atom stereocenters. The molecule has 28 heavy (non-hydrogen) atoms. The fourth-order valence-corrected chi connectivity index (χ4v) is 3.68. The van der Waals surface area contributed by atoms with Gasteiger partial charge in [-0.2, -0.15) is 0 Å². The first kappa shape index (κ1) is 18.2. The summed E-state index contributed by atoms with van der Waals surface area (Å²) in [6.45, 7) is 4.32. The number of aromatic nitrogens is 2. The van der Waals surface area contributed by atoms with Crippen LogP contribution in [0.3, 0.4) is 0 Å². The van der Waals surface area contributed by atoms with Gasteiger partial charge in [0.1, 0.15) is 11.4 Å². The van der Waals surface area contributed by atoms with Crippen molar-refractivity contribution in [3.8, 4) is 5.75 Å². The summed E-state index contributed by atoms with van der Waals surface area (Å²) in [7, 11) is 0. The minimum atomic E-state index is -0.356. The summed E-state index contributed by atoms with van der Waals surface area (Å²) in [5.74, 6) is 0.705. The number of hydrogen-bond acceptors (Lipinski definition) is 4. The fraction of sp³-hybridized carbons (Fsp3) is 0.318. The predicted molar refractivity (Wildman–Crippen MR) is 107 cm³/mol. The average molecular weight is 377 g/mol. The van der Waals surface area contributed by atoms with E-state index in [0.717, 1.165) is 11.3 Å². The molecule has 4 rings (SSSR count). The van der Waals surface area contributed by atoms with Gasteiger partial charge in [0.2, 0.25) is 5.91 Å². The van der Waals surface area contributed by atoms with E-state index in [1.54, 1.807) is 12.1 Å². The molecule has 1 aliphatic heterocycles. The highest BCUT2D eigenvalue weighted by Crippen LogP contribution is 2.39. The zero-order chi connectivity index (χ0) is 19.7. The molecule has 0 saturated carbocycles. The molecule has 2 heterocycles. The highest BCUT2D eigenvalue weighted by molar-refractivity contribution is 5.78. The van der Waals surface area contributed by atoms with Gasteiger partial charge in [0.25, 0.3) is 5.56 Å². The van der Waals surface area contributed by atoms with Crippen LogP contribution in [0.1, 0.15) is 38.3 Å². The lowest BCUT2D eigenvalue weighted by atomic mass is 9.89. The van der Waals surface area contributed by atoms with E-state index in [1.807, 2.05) is 50.2 Å². The van der Waals surface area contributed by atoms with Crippen molar-refractivity contribution >= 4 is 16.8 Å². The third kappa shape index (κ3) is 3.63. The second kappa shape index (κ2) is 7.11. The second-order valence-electron chi connectivity index (χ2n) is 7.73. The molecule has 1 N–H and O–H groups in total. The first-order valence-corrected chi connectivity index (χ1v) is 9.44. The predicted octanol–water partition coefficient (Wildman–Crippen LogP) is 3.21. The molecule has 2 aromatic carbocycles. The van der Waals surface area contributed by atoms with Gasteiger partial charge in [-0.1, -0.05) is 30.3 Å². The molecule has 3 aromatic rings. The van der Waals surface area contributed by atoms with Crippen molar-refractivity contribution in [1.29, 1.82) is 0 Å². The van der Waals surface area contributed by atoms with Gasteiger partial charge in [-0.05, 0) is 32.0 Å². The third-order valence-corrected chi connectivity index (χ3v) is 5.02. The van der Waals surface area contributed by atoms with Gasteiger partial charge >= 0.3 is 0 Å².